The number of aliphatic hydroxyl groups is 1. The highest BCUT2D eigenvalue weighted by molar-refractivity contribution is 4.90. The summed E-state index contributed by atoms with van der Waals surface area (Å²) in [5.74, 6) is 0.803. The van der Waals surface area contributed by atoms with E-state index in [1.54, 1.807) is 0 Å². The molecule has 0 heterocycles. The minimum Gasteiger partial charge on any atom is -0.396 e. The lowest BCUT2D eigenvalue weighted by atomic mass is 9.60. The molecule has 1 saturated carbocycles. The first-order valence-corrected chi connectivity index (χ1v) is 5.31. The number of aliphatic hydroxyl groups excluding tert-OH is 1. The number of hydrogen-bond donors (Lipinski definition) is 1. The van der Waals surface area contributed by atoms with Crippen molar-refractivity contribution in [2.45, 2.75) is 32.6 Å². The highest BCUT2D eigenvalue weighted by atomic mass is 16.3. The summed E-state index contributed by atoms with van der Waals surface area (Å²) in [5.41, 5.74) is 0.574. The maximum atomic E-state index is 8.78. The van der Waals surface area contributed by atoms with Gasteiger partial charge in [-0.2, -0.15) is 0 Å². The van der Waals surface area contributed by atoms with Gasteiger partial charge in [-0.15, -0.1) is 0 Å². The Labute approximate surface area is 81.9 Å². The molecule has 0 saturated heterocycles. The average molecular weight is 185 g/mol. The minimum atomic E-state index is 0.369. The lowest BCUT2D eigenvalue weighted by molar-refractivity contribution is 0.0412. The topological polar surface area (TPSA) is 23.5 Å². The standard InChI is InChI=1S/C11H23NO/c1-11(5-6-12(2)3)8-10(9-11)4-7-13/h10,13H,4-9H2,1-3H3. The molecule has 0 radical (unpaired) electrons. The van der Waals surface area contributed by atoms with E-state index in [1.165, 1.54) is 25.8 Å². The van der Waals surface area contributed by atoms with Crippen molar-refractivity contribution in [1.82, 2.24) is 4.90 Å². The Morgan fingerprint density at radius 1 is 1.38 bits per heavy atom. The minimum absolute atomic E-state index is 0.369. The maximum Gasteiger partial charge on any atom is 0.0433 e. The Morgan fingerprint density at radius 2 is 2.00 bits per heavy atom. The molecule has 1 aliphatic carbocycles. The van der Waals surface area contributed by atoms with E-state index >= 15 is 0 Å². The highest BCUT2D eigenvalue weighted by Crippen LogP contribution is 2.49. The molecule has 2 heteroatoms. The monoisotopic (exact) mass is 185 g/mol. The van der Waals surface area contributed by atoms with E-state index in [4.69, 9.17) is 5.11 Å². The lowest BCUT2D eigenvalue weighted by Crippen LogP contribution is -2.37. The SMILES string of the molecule is CN(C)CCC1(C)CC(CCO)C1. The van der Waals surface area contributed by atoms with Crippen LogP contribution in [0.15, 0.2) is 0 Å². The quantitative estimate of drug-likeness (QED) is 0.705. The van der Waals surface area contributed by atoms with Crippen LogP contribution in [0.2, 0.25) is 0 Å². The molecule has 0 spiro atoms. The van der Waals surface area contributed by atoms with E-state index in [1.807, 2.05) is 0 Å². The number of nitrogens with zero attached hydrogens (tertiary/aromatic N) is 1. The van der Waals surface area contributed by atoms with Gasteiger partial charge < -0.3 is 10.0 Å². The normalized spacial score (nSPS) is 33.5. The Balaban J connectivity index is 2.14. The molecule has 0 unspecified atom stereocenters. The van der Waals surface area contributed by atoms with Crippen LogP contribution < -0.4 is 0 Å². The van der Waals surface area contributed by atoms with Crippen LogP contribution in [0.1, 0.15) is 32.6 Å². The predicted molar refractivity (Wildman–Crippen MR) is 55.7 cm³/mol. The fraction of sp³-hybridized carbons (Fsp3) is 1.00. The molecule has 0 atom stereocenters. The molecule has 0 aliphatic heterocycles. The van der Waals surface area contributed by atoms with Gasteiger partial charge in [-0.3, -0.25) is 0 Å². The van der Waals surface area contributed by atoms with Gasteiger partial charge in [-0.1, -0.05) is 6.92 Å². The summed E-state index contributed by atoms with van der Waals surface area (Å²) in [7, 11) is 4.26. The van der Waals surface area contributed by atoms with Crippen LogP contribution in [0.5, 0.6) is 0 Å². The van der Waals surface area contributed by atoms with E-state index < -0.39 is 0 Å². The first-order chi connectivity index (χ1) is 6.06. The Kier molecular flexibility index (Phi) is 3.74. The largest absolute Gasteiger partial charge is 0.396 e. The van der Waals surface area contributed by atoms with Gasteiger partial charge in [-0.05, 0) is 57.7 Å². The van der Waals surface area contributed by atoms with E-state index in [0.717, 1.165) is 12.3 Å². The Hall–Kier alpha value is -0.0800. The molecule has 0 bridgehead atoms. The van der Waals surface area contributed by atoms with E-state index in [2.05, 4.69) is 25.9 Å². The summed E-state index contributed by atoms with van der Waals surface area (Å²) >= 11 is 0. The third kappa shape index (κ3) is 3.28. The zero-order valence-electron chi connectivity index (χ0n) is 9.21. The second kappa shape index (κ2) is 4.43. The van der Waals surface area contributed by atoms with Crippen LogP contribution in [-0.4, -0.2) is 37.3 Å². The Morgan fingerprint density at radius 3 is 2.46 bits per heavy atom. The van der Waals surface area contributed by atoms with Gasteiger partial charge in [0.2, 0.25) is 0 Å². The molecule has 0 aromatic carbocycles. The van der Waals surface area contributed by atoms with Crippen molar-refractivity contribution in [1.29, 1.82) is 0 Å². The van der Waals surface area contributed by atoms with Gasteiger partial charge in [-0.25, -0.2) is 0 Å². The molecule has 78 valence electrons. The second-order valence-electron chi connectivity index (χ2n) is 5.15. The van der Waals surface area contributed by atoms with Gasteiger partial charge in [0.15, 0.2) is 0 Å². The smallest absolute Gasteiger partial charge is 0.0433 e. The van der Waals surface area contributed by atoms with Crippen molar-refractivity contribution < 1.29 is 5.11 Å². The van der Waals surface area contributed by atoms with Crippen molar-refractivity contribution in [3.05, 3.63) is 0 Å². The predicted octanol–water partition coefficient (Wildman–Crippen LogP) is 1.74. The molecule has 1 N–H and O–H groups in total. The molecule has 1 rings (SSSR count). The third-order valence-corrected chi connectivity index (χ3v) is 3.26. The molecule has 13 heavy (non-hydrogen) atoms. The van der Waals surface area contributed by atoms with Gasteiger partial charge >= 0.3 is 0 Å². The molecule has 2 nitrogen and oxygen atoms in total. The van der Waals surface area contributed by atoms with Gasteiger partial charge in [0.25, 0.3) is 0 Å². The van der Waals surface area contributed by atoms with Crippen LogP contribution in [-0.2, 0) is 0 Å². The molecule has 0 aromatic heterocycles. The van der Waals surface area contributed by atoms with Crippen LogP contribution >= 0.6 is 0 Å². The highest BCUT2D eigenvalue weighted by Gasteiger charge is 2.38. The zero-order chi connectivity index (χ0) is 9.90. The summed E-state index contributed by atoms with van der Waals surface area (Å²) in [5, 5.41) is 8.78. The molecular weight excluding hydrogens is 162 g/mol. The summed E-state index contributed by atoms with van der Waals surface area (Å²) in [6, 6.07) is 0. The Bertz CT molecular complexity index is 150. The van der Waals surface area contributed by atoms with E-state index in [0.29, 0.717) is 12.0 Å². The first-order valence-electron chi connectivity index (χ1n) is 5.31. The summed E-state index contributed by atoms with van der Waals surface area (Å²) in [6.07, 6.45) is 4.96. The molecule has 1 aliphatic rings. The number of hydrogen-bond acceptors (Lipinski definition) is 2. The van der Waals surface area contributed by atoms with E-state index in [-0.39, 0.29) is 0 Å². The van der Waals surface area contributed by atoms with Gasteiger partial charge in [0, 0.05) is 6.61 Å². The van der Waals surface area contributed by atoms with Crippen molar-refractivity contribution >= 4 is 0 Å². The molecule has 1 fully saturated rings. The van der Waals surface area contributed by atoms with Crippen molar-refractivity contribution in [3.8, 4) is 0 Å². The van der Waals surface area contributed by atoms with Gasteiger partial charge in [0.1, 0.15) is 0 Å². The van der Waals surface area contributed by atoms with Crippen LogP contribution in [0.25, 0.3) is 0 Å². The fourth-order valence-corrected chi connectivity index (χ4v) is 2.42. The maximum absolute atomic E-state index is 8.78. The number of rotatable bonds is 5. The van der Waals surface area contributed by atoms with Crippen molar-refractivity contribution in [2.24, 2.45) is 11.3 Å². The summed E-state index contributed by atoms with van der Waals surface area (Å²) < 4.78 is 0. The molecule has 0 aromatic rings. The summed E-state index contributed by atoms with van der Waals surface area (Å²) in [4.78, 5) is 2.25. The first kappa shape index (κ1) is 11.0. The molecular formula is C11H23NO. The second-order valence-corrected chi connectivity index (χ2v) is 5.15. The lowest BCUT2D eigenvalue weighted by Gasteiger charge is -2.46. The average Bonchev–Trinajstić information content (AvgIpc) is 1.99. The van der Waals surface area contributed by atoms with Crippen LogP contribution in [0.4, 0.5) is 0 Å². The van der Waals surface area contributed by atoms with Crippen molar-refractivity contribution in [3.63, 3.8) is 0 Å². The third-order valence-electron chi connectivity index (χ3n) is 3.26. The van der Waals surface area contributed by atoms with Crippen LogP contribution in [0, 0.1) is 11.3 Å². The van der Waals surface area contributed by atoms with Gasteiger partial charge in [0.05, 0.1) is 0 Å². The van der Waals surface area contributed by atoms with Crippen molar-refractivity contribution in [2.75, 3.05) is 27.2 Å². The zero-order valence-corrected chi connectivity index (χ0v) is 9.21. The van der Waals surface area contributed by atoms with Crippen LogP contribution in [0.3, 0.4) is 0 Å². The fourth-order valence-electron chi connectivity index (χ4n) is 2.42. The summed E-state index contributed by atoms with van der Waals surface area (Å²) in [6.45, 7) is 3.95. The molecule has 0 amide bonds. The van der Waals surface area contributed by atoms with E-state index in [9.17, 15) is 0 Å².